The van der Waals surface area contributed by atoms with Crippen molar-refractivity contribution in [3.63, 3.8) is 0 Å². The fourth-order valence-corrected chi connectivity index (χ4v) is 3.44. The van der Waals surface area contributed by atoms with Gasteiger partial charge in [-0.25, -0.2) is 9.59 Å². The predicted octanol–water partition coefficient (Wildman–Crippen LogP) is 3.26. The van der Waals surface area contributed by atoms with Gasteiger partial charge in [-0.1, -0.05) is 24.3 Å². The van der Waals surface area contributed by atoms with Crippen LogP contribution in [0.3, 0.4) is 0 Å². The molecule has 4 rings (SSSR count). The number of ether oxygens (including phenoxy) is 3. The maximum Gasteiger partial charge on any atom is 0.348 e. The summed E-state index contributed by atoms with van der Waals surface area (Å²) in [6, 6.07) is 14.3. The van der Waals surface area contributed by atoms with E-state index in [-0.39, 0.29) is 6.61 Å². The summed E-state index contributed by atoms with van der Waals surface area (Å²) < 4.78 is 21.8. The maximum absolute atomic E-state index is 12.7. The lowest BCUT2D eigenvalue weighted by molar-refractivity contribution is -0.151. The van der Waals surface area contributed by atoms with E-state index in [0.717, 1.165) is 5.56 Å². The zero-order valence-corrected chi connectivity index (χ0v) is 14.9. The van der Waals surface area contributed by atoms with E-state index in [9.17, 15) is 9.59 Å². The number of benzene rings is 2. The van der Waals surface area contributed by atoms with Gasteiger partial charge in [0.2, 0.25) is 6.10 Å². The molecule has 0 fully saturated rings. The quantitative estimate of drug-likeness (QED) is 0.521. The van der Waals surface area contributed by atoms with Gasteiger partial charge in [-0.2, -0.15) is 0 Å². The molecular formula is C21H18O6. The summed E-state index contributed by atoms with van der Waals surface area (Å²) in [6.45, 7) is 1.95. The second kappa shape index (κ2) is 6.79. The standard InChI is InChI=1S/C21H18O6/c1-3-25-21(23)19-16(12-8-10-13(24-2)11-9-12)17-18(27-19)14-6-4-5-7-15(14)26-20(17)22/h4-11,16,19H,3H2,1-2H3. The van der Waals surface area contributed by atoms with Gasteiger partial charge in [-0.15, -0.1) is 0 Å². The van der Waals surface area contributed by atoms with Gasteiger partial charge in [0.25, 0.3) is 0 Å². The lowest BCUT2D eigenvalue weighted by atomic mass is 9.88. The Morgan fingerprint density at radius 3 is 2.56 bits per heavy atom. The van der Waals surface area contributed by atoms with Crippen LogP contribution >= 0.6 is 0 Å². The van der Waals surface area contributed by atoms with Crippen LogP contribution in [0.4, 0.5) is 0 Å². The van der Waals surface area contributed by atoms with Crippen molar-refractivity contribution in [3.05, 3.63) is 70.1 Å². The highest BCUT2D eigenvalue weighted by atomic mass is 16.6. The van der Waals surface area contributed by atoms with Gasteiger partial charge < -0.3 is 18.6 Å². The Balaban J connectivity index is 1.92. The Kier molecular flexibility index (Phi) is 4.32. The molecule has 1 aliphatic heterocycles. The average molecular weight is 366 g/mol. The zero-order chi connectivity index (χ0) is 19.0. The fourth-order valence-electron chi connectivity index (χ4n) is 3.44. The van der Waals surface area contributed by atoms with Crippen molar-refractivity contribution in [2.45, 2.75) is 18.9 Å². The number of hydrogen-bond donors (Lipinski definition) is 0. The van der Waals surface area contributed by atoms with Crippen LogP contribution in [-0.4, -0.2) is 25.8 Å². The smallest absolute Gasteiger partial charge is 0.348 e. The second-order valence-corrected chi connectivity index (χ2v) is 6.17. The number of rotatable bonds is 4. The molecule has 0 saturated carbocycles. The first-order valence-corrected chi connectivity index (χ1v) is 8.67. The van der Waals surface area contributed by atoms with Crippen molar-refractivity contribution in [2.75, 3.05) is 13.7 Å². The van der Waals surface area contributed by atoms with Crippen molar-refractivity contribution >= 4 is 16.9 Å². The minimum Gasteiger partial charge on any atom is -0.497 e. The average Bonchev–Trinajstić information content (AvgIpc) is 3.10. The molecule has 2 aromatic carbocycles. The Bertz CT molecular complexity index is 1050. The maximum atomic E-state index is 12.7. The van der Waals surface area contributed by atoms with Crippen LogP contribution in [0.5, 0.6) is 11.5 Å². The van der Waals surface area contributed by atoms with Gasteiger partial charge in [-0.3, -0.25) is 0 Å². The Morgan fingerprint density at radius 1 is 1.11 bits per heavy atom. The number of esters is 1. The molecule has 1 aromatic heterocycles. The van der Waals surface area contributed by atoms with Gasteiger partial charge in [0.1, 0.15) is 17.1 Å². The molecule has 2 atom stereocenters. The van der Waals surface area contributed by atoms with E-state index < -0.39 is 23.6 Å². The number of fused-ring (bicyclic) bond motifs is 3. The van der Waals surface area contributed by atoms with Gasteiger partial charge in [0.15, 0.2) is 0 Å². The molecule has 0 saturated heterocycles. The molecule has 0 N–H and O–H groups in total. The molecule has 6 heteroatoms. The highest BCUT2D eigenvalue weighted by molar-refractivity contribution is 5.88. The molecular weight excluding hydrogens is 348 g/mol. The molecule has 0 amide bonds. The molecule has 1 aliphatic rings. The highest BCUT2D eigenvalue weighted by Crippen LogP contribution is 2.44. The highest BCUT2D eigenvalue weighted by Gasteiger charge is 2.45. The molecule has 2 unspecified atom stereocenters. The van der Waals surface area contributed by atoms with Crippen molar-refractivity contribution in [3.8, 4) is 11.5 Å². The summed E-state index contributed by atoms with van der Waals surface area (Å²) in [5.74, 6) is -0.0827. The van der Waals surface area contributed by atoms with Crippen LogP contribution in [0.2, 0.25) is 0 Å². The van der Waals surface area contributed by atoms with Gasteiger partial charge in [0.05, 0.1) is 30.6 Å². The summed E-state index contributed by atoms with van der Waals surface area (Å²) in [7, 11) is 1.57. The third-order valence-corrected chi connectivity index (χ3v) is 4.65. The van der Waals surface area contributed by atoms with E-state index in [1.807, 2.05) is 18.2 Å². The third-order valence-electron chi connectivity index (χ3n) is 4.65. The van der Waals surface area contributed by atoms with Crippen LogP contribution in [0.15, 0.2) is 57.7 Å². The second-order valence-electron chi connectivity index (χ2n) is 6.17. The van der Waals surface area contributed by atoms with Crippen LogP contribution in [0.1, 0.15) is 24.0 Å². The largest absolute Gasteiger partial charge is 0.497 e. The lowest BCUT2D eigenvalue weighted by Gasteiger charge is -2.17. The van der Waals surface area contributed by atoms with E-state index in [1.165, 1.54) is 0 Å². The first-order chi connectivity index (χ1) is 13.1. The van der Waals surface area contributed by atoms with Crippen LogP contribution in [-0.2, 0) is 9.53 Å². The monoisotopic (exact) mass is 366 g/mol. The lowest BCUT2D eigenvalue weighted by Crippen LogP contribution is -2.32. The van der Waals surface area contributed by atoms with Crippen LogP contribution in [0.25, 0.3) is 11.0 Å². The molecule has 138 valence electrons. The molecule has 2 heterocycles. The minimum atomic E-state index is -0.956. The topological polar surface area (TPSA) is 75.0 Å². The fraction of sp³-hybridized carbons (Fsp3) is 0.238. The zero-order valence-electron chi connectivity index (χ0n) is 14.9. The molecule has 27 heavy (non-hydrogen) atoms. The van der Waals surface area contributed by atoms with Crippen LogP contribution < -0.4 is 15.1 Å². The number of para-hydroxylation sites is 1. The summed E-state index contributed by atoms with van der Waals surface area (Å²) in [4.78, 5) is 25.3. The van der Waals surface area contributed by atoms with E-state index in [0.29, 0.717) is 28.0 Å². The van der Waals surface area contributed by atoms with Gasteiger partial charge >= 0.3 is 11.6 Å². The normalized spacial score (nSPS) is 18.0. The SMILES string of the molecule is CCOC(=O)C1Oc2c(c(=O)oc3ccccc23)C1c1ccc(OC)cc1. The predicted molar refractivity (Wildman–Crippen MR) is 98.4 cm³/mol. The van der Waals surface area contributed by atoms with Crippen molar-refractivity contribution in [1.82, 2.24) is 0 Å². The van der Waals surface area contributed by atoms with Gasteiger partial charge in [0, 0.05) is 0 Å². The summed E-state index contributed by atoms with van der Waals surface area (Å²) in [6.07, 6.45) is -0.956. The summed E-state index contributed by atoms with van der Waals surface area (Å²) >= 11 is 0. The van der Waals surface area contributed by atoms with Crippen molar-refractivity contribution in [1.29, 1.82) is 0 Å². The third kappa shape index (κ3) is 2.83. The first-order valence-electron chi connectivity index (χ1n) is 8.67. The van der Waals surface area contributed by atoms with E-state index in [2.05, 4.69) is 0 Å². The molecule has 6 nitrogen and oxygen atoms in total. The molecule has 3 aromatic rings. The van der Waals surface area contributed by atoms with E-state index in [1.54, 1.807) is 44.4 Å². The molecule has 0 aliphatic carbocycles. The van der Waals surface area contributed by atoms with E-state index >= 15 is 0 Å². The number of methoxy groups -OCH3 is 1. The first kappa shape index (κ1) is 17.1. The van der Waals surface area contributed by atoms with Crippen LogP contribution in [0, 0.1) is 0 Å². The minimum absolute atomic E-state index is 0.222. The molecule has 0 bridgehead atoms. The van der Waals surface area contributed by atoms with Crippen molar-refractivity contribution < 1.29 is 23.4 Å². The Labute approximate surface area is 155 Å². The van der Waals surface area contributed by atoms with Gasteiger partial charge in [-0.05, 0) is 36.8 Å². The Morgan fingerprint density at radius 2 is 1.85 bits per heavy atom. The Hall–Kier alpha value is -3.28. The van der Waals surface area contributed by atoms with E-state index in [4.69, 9.17) is 18.6 Å². The number of carbonyl (C=O) groups excluding carboxylic acids is 1. The number of hydrogen-bond acceptors (Lipinski definition) is 6. The molecule has 0 spiro atoms. The van der Waals surface area contributed by atoms with Crippen molar-refractivity contribution in [2.24, 2.45) is 0 Å². The number of carbonyl (C=O) groups is 1. The summed E-state index contributed by atoms with van der Waals surface area (Å²) in [5.41, 5.74) is 0.975. The molecule has 0 radical (unpaired) electrons. The summed E-state index contributed by atoms with van der Waals surface area (Å²) in [5, 5.41) is 0.650.